The number of nitrogens with zero attached hydrogens (tertiary/aromatic N) is 3. The summed E-state index contributed by atoms with van der Waals surface area (Å²) in [5, 5.41) is 17.9. The zero-order valence-corrected chi connectivity index (χ0v) is 25.9. The van der Waals surface area contributed by atoms with Gasteiger partial charge in [0, 0.05) is 50.3 Å². The standard InChI is InChI=1S/C35H43N7O3/c1-2-45-23-7-11-33-38-31-19-18-29(24-32(31)39-33)42(40-35(43)44)22-21-41(20-6-10-26-8-4-3-5-9-26)25-30(42)17-14-27-12-15-28(16-13-27)34(36)37/h3-6,8-10,12-13,15-16,18-19,24,30,40H,2,7,11,14,17,20-23,25H2,1H3,(H4-,36,37,38,39,43,44)/p+1. The predicted octanol–water partition coefficient (Wildman–Crippen LogP) is 5.34. The number of nitrogens with two attached hydrogens (primary N) is 1. The number of rotatable bonds is 14. The molecule has 4 aromatic rings. The second kappa shape index (κ2) is 15.0. The van der Waals surface area contributed by atoms with E-state index in [1.165, 1.54) is 0 Å². The summed E-state index contributed by atoms with van der Waals surface area (Å²) >= 11 is 0. The van der Waals surface area contributed by atoms with Crippen molar-refractivity contribution >= 4 is 34.7 Å². The number of aromatic amines is 1. The van der Waals surface area contributed by atoms with Crippen LogP contribution in [-0.4, -0.2) is 77.3 Å². The Hall–Kier alpha value is -4.51. The van der Waals surface area contributed by atoms with Gasteiger partial charge in [-0.05, 0) is 37.0 Å². The van der Waals surface area contributed by atoms with Crippen molar-refractivity contribution in [3.05, 3.63) is 101 Å². The molecule has 1 fully saturated rings. The summed E-state index contributed by atoms with van der Waals surface area (Å²) < 4.78 is 5.62. The van der Waals surface area contributed by atoms with Crippen LogP contribution in [0.4, 0.5) is 10.5 Å². The minimum absolute atomic E-state index is 0.0426. The van der Waals surface area contributed by atoms with Gasteiger partial charge in [-0.2, -0.15) is 10.0 Å². The first-order valence-corrected chi connectivity index (χ1v) is 15.7. The highest BCUT2D eigenvalue weighted by Crippen LogP contribution is 2.32. The lowest BCUT2D eigenvalue weighted by molar-refractivity contribution is 0.0407. The number of fused-ring (bicyclic) bond motifs is 1. The van der Waals surface area contributed by atoms with Crippen LogP contribution in [0.3, 0.4) is 0 Å². The molecule has 10 heteroatoms. The molecule has 6 N–H and O–H groups in total. The van der Waals surface area contributed by atoms with E-state index >= 15 is 0 Å². The fourth-order valence-corrected chi connectivity index (χ4v) is 6.20. The van der Waals surface area contributed by atoms with Crippen LogP contribution in [0.25, 0.3) is 17.1 Å². The molecule has 0 saturated carbocycles. The first-order chi connectivity index (χ1) is 21.9. The van der Waals surface area contributed by atoms with Crippen LogP contribution in [0.5, 0.6) is 0 Å². The van der Waals surface area contributed by atoms with Gasteiger partial charge in [0.05, 0.1) is 24.1 Å². The van der Waals surface area contributed by atoms with E-state index in [9.17, 15) is 9.90 Å². The van der Waals surface area contributed by atoms with Crippen molar-refractivity contribution in [2.45, 2.75) is 38.6 Å². The number of carbonyl (C=O) groups is 1. The van der Waals surface area contributed by atoms with E-state index in [2.05, 4.69) is 45.7 Å². The molecular formula is C35H44N7O3+. The summed E-state index contributed by atoms with van der Waals surface area (Å²) in [6, 6.07) is 24.0. The maximum Gasteiger partial charge on any atom is 0.449 e. The lowest BCUT2D eigenvalue weighted by Gasteiger charge is -2.48. The number of hydrogen-bond acceptors (Lipinski definition) is 5. The first kappa shape index (κ1) is 31.9. The van der Waals surface area contributed by atoms with Crippen LogP contribution in [0, 0.1) is 5.41 Å². The molecule has 1 aromatic heterocycles. The van der Waals surface area contributed by atoms with Gasteiger partial charge in [-0.15, -0.1) is 0 Å². The van der Waals surface area contributed by atoms with E-state index in [-0.39, 0.29) is 16.5 Å². The molecule has 0 aliphatic carbocycles. The number of hydrogen-bond donors (Lipinski definition) is 5. The van der Waals surface area contributed by atoms with E-state index in [1.807, 2.05) is 61.5 Å². The van der Waals surface area contributed by atoms with E-state index in [4.69, 9.17) is 20.9 Å². The smallest absolute Gasteiger partial charge is 0.449 e. The van der Waals surface area contributed by atoms with E-state index < -0.39 is 6.09 Å². The minimum Gasteiger partial charge on any atom is -0.462 e. The average Bonchev–Trinajstić information content (AvgIpc) is 3.46. The number of nitrogens with one attached hydrogen (secondary N) is 3. The van der Waals surface area contributed by atoms with Crippen LogP contribution in [0.1, 0.15) is 42.3 Å². The van der Waals surface area contributed by atoms with Crippen LogP contribution in [0.2, 0.25) is 0 Å². The number of aromatic nitrogens is 2. The highest BCUT2D eigenvalue weighted by atomic mass is 16.5. The van der Waals surface area contributed by atoms with Crippen molar-refractivity contribution in [3.8, 4) is 0 Å². The Labute approximate surface area is 264 Å². The summed E-state index contributed by atoms with van der Waals surface area (Å²) in [5.41, 5.74) is 14.2. The molecule has 1 saturated heterocycles. The Morgan fingerprint density at radius 3 is 2.71 bits per heavy atom. The van der Waals surface area contributed by atoms with E-state index in [1.54, 1.807) is 0 Å². The number of amidine groups is 1. The Kier molecular flexibility index (Phi) is 10.6. The number of piperazine rings is 1. The van der Waals surface area contributed by atoms with Crippen molar-refractivity contribution in [3.63, 3.8) is 0 Å². The largest absolute Gasteiger partial charge is 0.462 e. The van der Waals surface area contributed by atoms with Gasteiger partial charge in [-0.25, -0.2) is 9.78 Å². The van der Waals surface area contributed by atoms with Crippen molar-refractivity contribution in [1.82, 2.24) is 24.9 Å². The summed E-state index contributed by atoms with van der Waals surface area (Å²) in [5.74, 6) is 0.946. The maximum absolute atomic E-state index is 12.4. The zero-order valence-electron chi connectivity index (χ0n) is 25.9. The Bertz CT molecular complexity index is 1600. The lowest BCUT2D eigenvalue weighted by Crippen LogP contribution is -2.74. The van der Waals surface area contributed by atoms with Crippen molar-refractivity contribution in [2.24, 2.45) is 5.73 Å². The van der Waals surface area contributed by atoms with Crippen LogP contribution in [0.15, 0.2) is 78.9 Å². The number of ether oxygens (including phenoxy) is 1. The van der Waals surface area contributed by atoms with Gasteiger partial charge in [-0.1, -0.05) is 66.7 Å². The predicted molar refractivity (Wildman–Crippen MR) is 180 cm³/mol. The first-order valence-electron chi connectivity index (χ1n) is 15.7. The monoisotopic (exact) mass is 610 g/mol. The summed E-state index contributed by atoms with van der Waals surface area (Å²) in [6.45, 7) is 6.19. The van der Waals surface area contributed by atoms with Crippen molar-refractivity contribution < 1.29 is 14.6 Å². The average molecular weight is 611 g/mol. The molecule has 2 atom stereocenters. The van der Waals surface area contributed by atoms with Crippen LogP contribution in [-0.2, 0) is 17.6 Å². The van der Waals surface area contributed by atoms with Crippen molar-refractivity contribution in [1.29, 1.82) is 5.41 Å². The molecule has 1 aliphatic heterocycles. The Morgan fingerprint density at radius 1 is 1.18 bits per heavy atom. The highest BCUT2D eigenvalue weighted by Gasteiger charge is 2.46. The SMILES string of the molecule is CCOCCCc1nc2ccc([N+]3(NC(=O)O)CCN(CC=Cc4ccccc4)CC3CCc3ccc(C(=N)N)cc3)cc2[nH]1. The van der Waals surface area contributed by atoms with Gasteiger partial charge in [0.1, 0.15) is 24.2 Å². The van der Waals surface area contributed by atoms with E-state index in [0.29, 0.717) is 31.9 Å². The molecule has 236 valence electrons. The second-order valence-corrected chi connectivity index (χ2v) is 11.6. The lowest BCUT2D eigenvalue weighted by atomic mass is 9.98. The van der Waals surface area contributed by atoms with Gasteiger partial charge >= 0.3 is 6.09 Å². The number of aryl methyl sites for hydroxylation is 2. The summed E-state index contributed by atoms with van der Waals surface area (Å²) in [6.07, 6.45) is 6.44. The number of amides is 1. The molecule has 0 spiro atoms. The number of nitrogen functional groups attached to an aromatic ring is 1. The summed E-state index contributed by atoms with van der Waals surface area (Å²) in [7, 11) is 0. The Morgan fingerprint density at radius 2 is 1.98 bits per heavy atom. The molecule has 2 unspecified atom stereocenters. The topological polar surface area (TPSA) is 140 Å². The minimum atomic E-state index is -1.05. The zero-order chi connectivity index (χ0) is 31.6. The van der Waals surface area contributed by atoms with Gasteiger partial charge in [-0.3, -0.25) is 10.3 Å². The number of benzene rings is 3. The highest BCUT2D eigenvalue weighted by molar-refractivity contribution is 5.94. The van der Waals surface area contributed by atoms with Gasteiger partial charge in [0.15, 0.2) is 5.69 Å². The van der Waals surface area contributed by atoms with Crippen LogP contribution < -0.4 is 15.8 Å². The van der Waals surface area contributed by atoms with Gasteiger partial charge < -0.3 is 20.6 Å². The molecule has 5 rings (SSSR count). The Balaban J connectivity index is 1.42. The quantitative estimate of drug-likeness (QED) is 0.0565. The molecule has 45 heavy (non-hydrogen) atoms. The molecule has 0 radical (unpaired) electrons. The fraction of sp³-hybridized carbons (Fsp3) is 0.343. The molecule has 1 aliphatic rings. The molecule has 3 aromatic carbocycles. The fourth-order valence-electron chi connectivity index (χ4n) is 6.20. The molecule has 2 heterocycles. The van der Waals surface area contributed by atoms with Crippen LogP contribution >= 0.6 is 0 Å². The third-order valence-corrected chi connectivity index (χ3v) is 8.54. The molecule has 10 nitrogen and oxygen atoms in total. The number of imidazole rings is 1. The number of H-pyrrole nitrogens is 1. The van der Waals surface area contributed by atoms with E-state index in [0.717, 1.165) is 72.4 Å². The third-order valence-electron chi connectivity index (χ3n) is 8.54. The van der Waals surface area contributed by atoms with Crippen molar-refractivity contribution in [2.75, 3.05) is 39.4 Å². The number of quaternary nitrogens is 1. The summed E-state index contributed by atoms with van der Waals surface area (Å²) in [4.78, 5) is 23.0. The second-order valence-electron chi connectivity index (χ2n) is 11.6. The molecule has 0 bridgehead atoms. The molecule has 1 amide bonds. The van der Waals surface area contributed by atoms with Gasteiger partial charge in [0.2, 0.25) is 0 Å². The molecular weight excluding hydrogens is 566 g/mol. The number of carboxylic acid groups (broad SMARTS) is 1. The normalized spacial score (nSPS) is 18.8. The van der Waals surface area contributed by atoms with Gasteiger partial charge in [0.25, 0.3) is 0 Å². The maximum atomic E-state index is 12.4. The third kappa shape index (κ3) is 8.16.